The van der Waals surface area contributed by atoms with Crippen LogP contribution in [0.1, 0.15) is 51.9 Å². The summed E-state index contributed by atoms with van der Waals surface area (Å²) in [6.07, 6.45) is 6.41. The fourth-order valence-corrected chi connectivity index (χ4v) is 5.81. The molecular formula is C15H28O6Si. The number of hydrogen-bond donors (Lipinski definition) is 0. The fraction of sp³-hybridized carbons (Fsp3) is 0.867. The molecule has 128 valence electrons. The molecule has 1 heterocycles. The van der Waals surface area contributed by atoms with Crippen molar-refractivity contribution < 1.29 is 27.6 Å². The highest BCUT2D eigenvalue weighted by atomic mass is 28.4. The molecule has 22 heavy (non-hydrogen) atoms. The maximum absolute atomic E-state index is 12.0. The van der Waals surface area contributed by atoms with E-state index in [-0.39, 0.29) is 12.0 Å². The van der Waals surface area contributed by atoms with Gasteiger partial charge in [-0.1, -0.05) is 39.0 Å². The van der Waals surface area contributed by atoms with Crippen LogP contribution in [0.2, 0.25) is 5.54 Å². The smallest absolute Gasteiger partial charge is 0.393 e. The van der Waals surface area contributed by atoms with E-state index in [2.05, 4.69) is 6.92 Å². The second-order valence-electron chi connectivity index (χ2n) is 5.63. The summed E-state index contributed by atoms with van der Waals surface area (Å²) >= 11 is 0. The first-order valence-corrected chi connectivity index (χ1v) is 9.74. The van der Waals surface area contributed by atoms with Gasteiger partial charge in [0.15, 0.2) is 0 Å². The first kappa shape index (κ1) is 19.3. The van der Waals surface area contributed by atoms with Gasteiger partial charge in [0.25, 0.3) is 0 Å². The Bertz CT molecular complexity index is 361. The maximum atomic E-state index is 12.0. The van der Waals surface area contributed by atoms with Crippen molar-refractivity contribution in [2.45, 2.75) is 57.4 Å². The van der Waals surface area contributed by atoms with E-state index in [0.717, 1.165) is 19.3 Å². The molecule has 0 aromatic heterocycles. The van der Waals surface area contributed by atoms with Gasteiger partial charge in [-0.2, -0.15) is 0 Å². The van der Waals surface area contributed by atoms with Crippen LogP contribution in [0, 0.1) is 5.92 Å². The molecule has 1 aliphatic rings. The summed E-state index contributed by atoms with van der Waals surface area (Å²) in [5, 5.41) is 0. The van der Waals surface area contributed by atoms with Gasteiger partial charge < -0.3 is 18.0 Å². The highest BCUT2D eigenvalue weighted by Gasteiger charge is 2.55. The molecule has 0 spiro atoms. The summed E-state index contributed by atoms with van der Waals surface area (Å²) < 4.78 is 21.3. The van der Waals surface area contributed by atoms with Crippen LogP contribution in [0.5, 0.6) is 0 Å². The lowest BCUT2D eigenvalue weighted by atomic mass is 9.98. The fourth-order valence-electron chi connectivity index (χ4n) is 3.10. The Hall–Kier alpha value is -0.763. The molecule has 1 saturated heterocycles. The molecule has 7 heteroatoms. The van der Waals surface area contributed by atoms with Gasteiger partial charge in [0.1, 0.15) is 0 Å². The van der Waals surface area contributed by atoms with E-state index in [0.29, 0.717) is 0 Å². The number of unbranched alkanes of at least 4 members (excludes halogenated alkanes) is 4. The molecule has 1 fully saturated rings. The van der Waals surface area contributed by atoms with Crippen LogP contribution in [-0.2, 0) is 27.6 Å². The third-order valence-electron chi connectivity index (χ3n) is 4.32. The summed E-state index contributed by atoms with van der Waals surface area (Å²) in [6, 6.07) is 0. The van der Waals surface area contributed by atoms with Gasteiger partial charge in [0.2, 0.25) is 0 Å². The van der Waals surface area contributed by atoms with Gasteiger partial charge in [-0.3, -0.25) is 9.59 Å². The average molecular weight is 332 g/mol. The molecule has 2 unspecified atom stereocenters. The number of carbonyl (C=O) groups excluding carboxylic acids is 2. The van der Waals surface area contributed by atoms with Gasteiger partial charge in [-0.05, 0) is 6.42 Å². The molecule has 0 bridgehead atoms. The second kappa shape index (κ2) is 9.39. The van der Waals surface area contributed by atoms with Gasteiger partial charge >= 0.3 is 20.7 Å². The summed E-state index contributed by atoms with van der Waals surface area (Å²) in [5.74, 6) is -1.48. The van der Waals surface area contributed by atoms with E-state index in [1.807, 2.05) is 0 Å². The Morgan fingerprint density at radius 1 is 1.09 bits per heavy atom. The predicted molar refractivity (Wildman–Crippen MR) is 83.1 cm³/mol. The summed E-state index contributed by atoms with van der Waals surface area (Å²) in [6.45, 7) is 2.17. The second-order valence-corrected chi connectivity index (χ2v) is 8.80. The number of cyclic esters (lactones) is 2. The van der Waals surface area contributed by atoms with E-state index >= 15 is 0 Å². The summed E-state index contributed by atoms with van der Waals surface area (Å²) in [7, 11) is 1.59. The first-order chi connectivity index (χ1) is 10.5. The molecule has 2 atom stereocenters. The third kappa shape index (κ3) is 4.61. The van der Waals surface area contributed by atoms with Gasteiger partial charge in [0.05, 0.1) is 12.3 Å². The number of esters is 2. The molecule has 0 aliphatic carbocycles. The van der Waals surface area contributed by atoms with Crippen LogP contribution in [0.4, 0.5) is 0 Å². The molecule has 0 saturated carbocycles. The molecule has 0 radical (unpaired) electrons. The third-order valence-corrected chi connectivity index (χ3v) is 7.62. The van der Waals surface area contributed by atoms with Crippen LogP contribution in [-0.4, -0.2) is 42.1 Å². The zero-order chi connectivity index (χ0) is 16.6. The normalized spacial score (nSPS) is 20.3. The van der Waals surface area contributed by atoms with Gasteiger partial charge in [0, 0.05) is 26.9 Å². The molecule has 0 amide bonds. The van der Waals surface area contributed by atoms with Crippen molar-refractivity contribution in [3.05, 3.63) is 0 Å². The predicted octanol–water partition coefficient (Wildman–Crippen LogP) is 2.68. The minimum absolute atomic E-state index is 0.0866. The Labute approximate surface area is 133 Å². The van der Waals surface area contributed by atoms with Crippen molar-refractivity contribution in [3.63, 3.8) is 0 Å². The molecule has 0 N–H and O–H groups in total. The van der Waals surface area contributed by atoms with Crippen molar-refractivity contribution in [1.29, 1.82) is 0 Å². The lowest BCUT2D eigenvalue weighted by Gasteiger charge is -2.34. The Morgan fingerprint density at radius 3 is 2.14 bits per heavy atom. The topological polar surface area (TPSA) is 71.1 Å². The van der Waals surface area contributed by atoms with E-state index in [4.69, 9.17) is 18.0 Å². The van der Waals surface area contributed by atoms with Crippen molar-refractivity contribution in [2.24, 2.45) is 5.92 Å². The van der Waals surface area contributed by atoms with Crippen LogP contribution in [0.25, 0.3) is 0 Å². The van der Waals surface area contributed by atoms with Crippen LogP contribution in [0.3, 0.4) is 0 Å². The molecule has 1 rings (SSSR count). The van der Waals surface area contributed by atoms with Crippen LogP contribution in [0.15, 0.2) is 0 Å². The number of carbonyl (C=O) groups is 2. The van der Waals surface area contributed by atoms with Crippen LogP contribution >= 0.6 is 0 Å². The summed E-state index contributed by atoms with van der Waals surface area (Å²) in [5.41, 5.74) is -0.243. The highest BCUT2D eigenvalue weighted by Crippen LogP contribution is 2.41. The molecule has 0 aromatic rings. The minimum Gasteiger partial charge on any atom is -0.393 e. The highest BCUT2D eigenvalue weighted by molar-refractivity contribution is 6.62. The molecular weight excluding hydrogens is 304 g/mol. The monoisotopic (exact) mass is 332 g/mol. The zero-order valence-electron chi connectivity index (χ0n) is 14.1. The van der Waals surface area contributed by atoms with Crippen molar-refractivity contribution in [3.8, 4) is 0 Å². The Morgan fingerprint density at radius 2 is 1.68 bits per heavy atom. The first-order valence-electron chi connectivity index (χ1n) is 7.94. The van der Waals surface area contributed by atoms with Crippen LogP contribution < -0.4 is 0 Å². The average Bonchev–Trinajstić information content (AvgIpc) is 2.85. The van der Waals surface area contributed by atoms with Crippen molar-refractivity contribution in [1.82, 2.24) is 0 Å². The quantitative estimate of drug-likeness (QED) is 0.251. The lowest BCUT2D eigenvalue weighted by molar-refractivity contribution is -0.153. The van der Waals surface area contributed by atoms with Crippen molar-refractivity contribution in [2.75, 3.05) is 21.3 Å². The molecule has 0 aromatic carbocycles. The van der Waals surface area contributed by atoms with Gasteiger partial charge in [-0.15, -0.1) is 0 Å². The van der Waals surface area contributed by atoms with E-state index < -0.39 is 26.7 Å². The number of ether oxygens (including phenoxy) is 1. The molecule has 1 aliphatic heterocycles. The van der Waals surface area contributed by atoms with E-state index in [9.17, 15) is 9.59 Å². The lowest BCUT2D eigenvalue weighted by Crippen LogP contribution is -2.50. The van der Waals surface area contributed by atoms with E-state index in [1.165, 1.54) is 40.6 Å². The SMILES string of the molecule is CCCCCCCC(C1CC(=O)OC1=O)[Si](OC)(OC)OC. The number of hydrogen-bond acceptors (Lipinski definition) is 6. The number of rotatable bonds is 11. The van der Waals surface area contributed by atoms with Crippen molar-refractivity contribution >= 4 is 20.7 Å². The Balaban J connectivity index is 2.80. The van der Waals surface area contributed by atoms with Gasteiger partial charge in [-0.25, -0.2) is 0 Å². The zero-order valence-corrected chi connectivity index (χ0v) is 15.1. The molecule has 6 nitrogen and oxygen atoms in total. The summed E-state index contributed by atoms with van der Waals surface area (Å²) in [4.78, 5) is 23.4. The minimum atomic E-state index is -3.00. The largest absolute Gasteiger partial charge is 0.504 e. The van der Waals surface area contributed by atoms with E-state index in [1.54, 1.807) is 0 Å². The standard InChI is InChI=1S/C15H28O6Si/c1-5-6-7-8-9-10-13(22(18-2,19-3)20-4)12-11-14(16)21-15(12)17/h12-13H,5-11H2,1-4H3. The maximum Gasteiger partial charge on any atom is 0.504 e. The Kier molecular flexibility index (Phi) is 8.23.